The number of carbonyl (C=O) groups is 2. The molecule has 0 saturated heterocycles. The maximum atomic E-state index is 14.6. The third kappa shape index (κ3) is 3.98. The second kappa shape index (κ2) is 7.97. The zero-order valence-corrected chi connectivity index (χ0v) is 16.6. The van der Waals surface area contributed by atoms with Gasteiger partial charge in [-0.1, -0.05) is 12.1 Å². The van der Waals surface area contributed by atoms with Gasteiger partial charge in [-0.25, -0.2) is 4.39 Å². The lowest BCUT2D eigenvalue weighted by Crippen LogP contribution is -2.34. The zero-order valence-electron chi connectivity index (χ0n) is 16.6. The lowest BCUT2D eigenvalue weighted by Gasteiger charge is -2.15. The Morgan fingerprint density at radius 2 is 1.96 bits per heavy atom. The Balaban J connectivity index is 1.90. The van der Waals surface area contributed by atoms with E-state index in [9.17, 15) is 14.0 Å². The number of ether oxygens (including phenoxy) is 1. The van der Waals surface area contributed by atoms with Crippen LogP contribution >= 0.6 is 0 Å². The number of Topliss-reactive ketones (excluding diaryl/α,β-unsaturated/α-hetero) is 1. The van der Waals surface area contributed by atoms with Gasteiger partial charge in [0.1, 0.15) is 17.7 Å². The van der Waals surface area contributed by atoms with E-state index in [2.05, 4.69) is 5.32 Å². The van der Waals surface area contributed by atoms with Crippen LogP contribution in [0, 0.1) is 12.7 Å². The van der Waals surface area contributed by atoms with Crippen molar-refractivity contribution in [3.05, 3.63) is 64.5 Å². The van der Waals surface area contributed by atoms with Gasteiger partial charge in [0.2, 0.25) is 5.91 Å². The van der Waals surface area contributed by atoms with Gasteiger partial charge in [-0.3, -0.25) is 9.59 Å². The summed E-state index contributed by atoms with van der Waals surface area (Å²) in [4.78, 5) is 23.7. The average molecular weight is 381 g/mol. The van der Waals surface area contributed by atoms with Crippen LogP contribution in [-0.2, 0) is 11.2 Å². The van der Waals surface area contributed by atoms with Crippen molar-refractivity contribution in [1.82, 2.24) is 5.32 Å². The minimum absolute atomic E-state index is 0.119. The summed E-state index contributed by atoms with van der Waals surface area (Å²) in [6.45, 7) is 7.34. The number of carbonyl (C=O) groups excluding carboxylic acids is 2. The number of ketones is 1. The molecule has 0 radical (unpaired) electrons. The number of hydrogen-bond donors (Lipinski definition) is 1. The van der Waals surface area contributed by atoms with Crippen LogP contribution in [0.1, 0.15) is 42.3 Å². The van der Waals surface area contributed by atoms with Crippen molar-refractivity contribution < 1.29 is 18.7 Å². The lowest BCUT2D eigenvalue weighted by molar-refractivity contribution is -0.117. The summed E-state index contributed by atoms with van der Waals surface area (Å²) < 4.78 is 20.6. The Bertz CT molecular complexity index is 978. The molecule has 146 valence electrons. The number of amides is 1. The molecule has 3 rings (SSSR count). The molecule has 0 fully saturated rings. The number of rotatable bonds is 5. The predicted octanol–water partition coefficient (Wildman–Crippen LogP) is 4.39. The molecule has 0 bridgehead atoms. The van der Waals surface area contributed by atoms with E-state index in [4.69, 9.17) is 4.74 Å². The number of fused-ring (bicyclic) bond motifs is 1. The van der Waals surface area contributed by atoms with Gasteiger partial charge in [0.15, 0.2) is 5.78 Å². The van der Waals surface area contributed by atoms with E-state index < -0.39 is 5.82 Å². The van der Waals surface area contributed by atoms with E-state index in [0.29, 0.717) is 41.0 Å². The number of halogens is 1. The van der Waals surface area contributed by atoms with E-state index >= 15 is 0 Å². The molecule has 1 heterocycles. The Morgan fingerprint density at radius 3 is 2.64 bits per heavy atom. The molecule has 1 amide bonds. The number of nitrogens with one attached hydrogen (secondary N) is 1. The first-order chi connectivity index (χ1) is 13.3. The maximum absolute atomic E-state index is 14.6. The Morgan fingerprint density at radius 1 is 1.21 bits per heavy atom. The highest BCUT2D eigenvalue weighted by Crippen LogP contribution is 2.41. The first kappa shape index (κ1) is 19.8. The molecule has 2 aromatic rings. The lowest BCUT2D eigenvalue weighted by atomic mass is 9.95. The highest BCUT2D eigenvalue weighted by molar-refractivity contribution is 5.95. The predicted molar refractivity (Wildman–Crippen MR) is 107 cm³/mol. The second-order valence-electron chi connectivity index (χ2n) is 7.18. The van der Waals surface area contributed by atoms with Gasteiger partial charge in [-0.15, -0.1) is 0 Å². The standard InChI is InChI=1S/C23H24FNO3/c1-5-14(3)23(27)25-12-18-10-17-8-13(2)9-20(22(17)28-18)19-11-16(15(4)26)6-7-21(19)24/h5-9,11,18H,10,12H2,1-4H3,(H,25,27). The summed E-state index contributed by atoms with van der Waals surface area (Å²) in [6, 6.07) is 8.25. The van der Waals surface area contributed by atoms with Gasteiger partial charge in [-0.2, -0.15) is 0 Å². The summed E-state index contributed by atoms with van der Waals surface area (Å²) in [5, 5.41) is 2.87. The normalized spacial score (nSPS) is 15.8. The van der Waals surface area contributed by atoms with Gasteiger partial charge in [0, 0.05) is 28.7 Å². The summed E-state index contributed by atoms with van der Waals surface area (Å²) in [5.41, 5.74) is 4.05. The zero-order chi connectivity index (χ0) is 20.4. The Labute approximate surface area is 164 Å². The fourth-order valence-corrected chi connectivity index (χ4v) is 3.33. The van der Waals surface area contributed by atoms with Crippen LogP contribution in [0.2, 0.25) is 0 Å². The van der Waals surface area contributed by atoms with E-state index in [0.717, 1.165) is 11.1 Å². The quantitative estimate of drug-likeness (QED) is 0.617. The Kier molecular flexibility index (Phi) is 5.63. The van der Waals surface area contributed by atoms with Crippen LogP contribution in [0.3, 0.4) is 0 Å². The van der Waals surface area contributed by atoms with Gasteiger partial charge >= 0.3 is 0 Å². The van der Waals surface area contributed by atoms with Crippen molar-refractivity contribution in [2.24, 2.45) is 0 Å². The number of benzene rings is 2. The molecule has 1 aliphatic rings. The summed E-state index contributed by atoms with van der Waals surface area (Å²) in [7, 11) is 0. The molecule has 1 N–H and O–H groups in total. The molecule has 4 nitrogen and oxygen atoms in total. The van der Waals surface area contributed by atoms with Crippen LogP contribution in [-0.4, -0.2) is 24.3 Å². The molecule has 0 aromatic heterocycles. The van der Waals surface area contributed by atoms with Gasteiger partial charge in [0.05, 0.1) is 6.54 Å². The number of aryl methyl sites for hydroxylation is 1. The largest absolute Gasteiger partial charge is 0.487 e. The molecule has 1 atom stereocenters. The Hall–Kier alpha value is -2.95. The van der Waals surface area contributed by atoms with Crippen molar-refractivity contribution in [1.29, 1.82) is 0 Å². The monoisotopic (exact) mass is 381 g/mol. The van der Waals surface area contributed by atoms with Gasteiger partial charge in [0.25, 0.3) is 0 Å². The minimum Gasteiger partial charge on any atom is -0.487 e. The van der Waals surface area contributed by atoms with Crippen molar-refractivity contribution in [3.63, 3.8) is 0 Å². The molecule has 0 saturated carbocycles. The van der Waals surface area contributed by atoms with Crippen molar-refractivity contribution in [3.8, 4) is 16.9 Å². The third-order valence-corrected chi connectivity index (χ3v) is 4.99. The van der Waals surface area contributed by atoms with Crippen LogP contribution in [0.5, 0.6) is 5.75 Å². The van der Waals surface area contributed by atoms with E-state index in [-0.39, 0.29) is 17.8 Å². The summed E-state index contributed by atoms with van der Waals surface area (Å²) in [5.74, 6) is -0.0286. The summed E-state index contributed by atoms with van der Waals surface area (Å²) >= 11 is 0. The van der Waals surface area contributed by atoms with Crippen LogP contribution in [0.25, 0.3) is 11.1 Å². The van der Waals surface area contributed by atoms with Gasteiger partial charge < -0.3 is 10.1 Å². The highest BCUT2D eigenvalue weighted by atomic mass is 19.1. The molecule has 1 unspecified atom stereocenters. The van der Waals surface area contributed by atoms with Crippen molar-refractivity contribution in [2.45, 2.75) is 40.2 Å². The van der Waals surface area contributed by atoms with Crippen molar-refractivity contribution in [2.75, 3.05) is 6.54 Å². The third-order valence-electron chi connectivity index (χ3n) is 4.99. The van der Waals surface area contributed by atoms with Gasteiger partial charge in [-0.05, 0) is 63.1 Å². The van der Waals surface area contributed by atoms with E-state index in [1.807, 2.05) is 26.0 Å². The smallest absolute Gasteiger partial charge is 0.246 e. The first-order valence-electron chi connectivity index (χ1n) is 9.32. The molecular weight excluding hydrogens is 357 g/mol. The molecule has 2 aromatic carbocycles. The molecule has 0 spiro atoms. The molecule has 28 heavy (non-hydrogen) atoms. The fourth-order valence-electron chi connectivity index (χ4n) is 3.33. The van der Waals surface area contributed by atoms with Crippen LogP contribution in [0.15, 0.2) is 42.0 Å². The topological polar surface area (TPSA) is 55.4 Å². The number of hydrogen-bond acceptors (Lipinski definition) is 3. The minimum atomic E-state index is -0.401. The van der Waals surface area contributed by atoms with Crippen molar-refractivity contribution >= 4 is 11.7 Å². The summed E-state index contributed by atoms with van der Waals surface area (Å²) in [6.07, 6.45) is 2.17. The molecular formula is C23H24FNO3. The first-order valence-corrected chi connectivity index (χ1v) is 9.32. The second-order valence-corrected chi connectivity index (χ2v) is 7.18. The average Bonchev–Trinajstić information content (AvgIpc) is 3.07. The van der Waals surface area contributed by atoms with Crippen LogP contribution in [0.4, 0.5) is 4.39 Å². The molecule has 5 heteroatoms. The molecule has 0 aliphatic carbocycles. The highest BCUT2D eigenvalue weighted by Gasteiger charge is 2.28. The van der Waals surface area contributed by atoms with E-state index in [1.54, 1.807) is 19.1 Å². The van der Waals surface area contributed by atoms with E-state index in [1.165, 1.54) is 19.1 Å². The number of allylic oxidation sites excluding steroid dienone is 1. The SMILES string of the molecule is CC=C(C)C(=O)NCC1Cc2cc(C)cc(-c3cc(C(C)=O)ccc3F)c2O1. The fraction of sp³-hybridized carbons (Fsp3) is 0.304. The maximum Gasteiger partial charge on any atom is 0.246 e. The van der Waals surface area contributed by atoms with Crippen LogP contribution < -0.4 is 10.1 Å². The molecule has 1 aliphatic heterocycles.